The summed E-state index contributed by atoms with van der Waals surface area (Å²) in [6.45, 7) is 8.46. The van der Waals surface area contributed by atoms with Crippen LogP contribution in [0, 0.1) is 0 Å². The van der Waals surface area contributed by atoms with Crippen molar-refractivity contribution in [2.45, 2.75) is 39.3 Å². The lowest BCUT2D eigenvalue weighted by Crippen LogP contribution is -2.14. The van der Waals surface area contributed by atoms with Crippen LogP contribution in [0.4, 0.5) is 0 Å². The van der Waals surface area contributed by atoms with Gasteiger partial charge in [0.2, 0.25) is 0 Å². The van der Waals surface area contributed by atoms with Gasteiger partial charge in [-0.15, -0.1) is 0 Å². The molecular weight excluding hydrogens is 232 g/mol. The summed E-state index contributed by atoms with van der Waals surface area (Å²) < 4.78 is 0. The van der Waals surface area contributed by atoms with Gasteiger partial charge in [0.05, 0.1) is 0 Å². The average molecular weight is 254 g/mol. The first-order valence-corrected chi connectivity index (χ1v) is 6.75. The molecule has 2 aromatic rings. The van der Waals surface area contributed by atoms with E-state index in [9.17, 15) is 0 Å². The van der Waals surface area contributed by atoms with Gasteiger partial charge in [-0.05, 0) is 28.2 Å². The van der Waals surface area contributed by atoms with E-state index < -0.39 is 0 Å². The topological polar surface area (TPSA) is 24.9 Å². The monoisotopic (exact) mass is 254 g/mol. The van der Waals surface area contributed by atoms with E-state index in [4.69, 9.17) is 0 Å². The number of rotatable bonds is 4. The number of pyridine rings is 1. The minimum absolute atomic E-state index is 0.224. The summed E-state index contributed by atoms with van der Waals surface area (Å²) >= 11 is 0. The molecule has 0 amide bonds. The molecule has 100 valence electrons. The zero-order valence-electron chi connectivity index (χ0n) is 12.0. The molecule has 1 heterocycles. The van der Waals surface area contributed by atoms with Crippen LogP contribution in [-0.4, -0.2) is 4.98 Å². The molecule has 0 aliphatic heterocycles. The van der Waals surface area contributed by atoms with Crippen LogP contribution in [0.15, 0.2) is 48.8 Å². The Hall–Kier alpha value is -1.67. The van der Waals surface area contributed by atoms with E-state index in [1.54, 1.807) is 6.20 Å². The fourth-order valence-electron chi connectivity index (χ4n) is 1.98. The van der Waals surface area contributed by atoms with Crippen LogP contribution in [0.1, 0.15) is 37.5 Å². The minimum Gasteiger partial charge on any atom is -0.309 e. The van der Waals surface area contributed by atoms with Gasteiger partial charge in [0, 0.05) is 25.5 Å². The van der Waals surface area contributed by atoms with E-state index in [0.29, 0.717) is 0 Å². The molecule has 0 aliphatic rings. The third kappa shape index (κ3) is 4.18. The van der Waals surface area contributed by atoms with Crippen molar-refractivity contribution in [2.24, 2.45) is 0 Å². The molecule has 19 heavy (non-hydrogen) atoms. The second kappa shape index (κ2) is 5.98. The summed E-state index contributed by atoms with van der Waals surface area (Å²) in [6.07, 6.45) is 3.70. The van der Waals surface area contributed by atoms with Crippen molar-refractivity contribution < 1.29 is 0 Å². The maximum Gasteiger partial charge on any atom is 0.0312 e. The van der Waals surface area contributed by atoms with E-state index >= 15 is 0 Å². The van der Waals surface area contributed by atoms with Gasteiger partial charge in [0.25, 0.3) is 0 Å². The predicted molar refractivity (Wildman–Crippen MR) is 79.9 cm³/mol. The van der Waals surface area contributed by atoms with E-state index in [-0.39, 0.29) is 5.41 Å². The normalized spacial score (nSPS) is 11.5. The molecule has 1 N–H and O–H groups in total. The minimum atomic E-state index is 0.224. The summed E-state index contributed by atoms with van der Waals surface area (Å²) in [4.78, 5) is 4.11. The Labute approximate surface area is 115 Å². The van der Waals surface area contributed by atoms with Crippen molar-refractivity contribution in [1.29, 1.82) is 0 Å². The van der Waals surface area contributed by atoms with Crippen LogP contribution in [-0.2, 0) is 18.5 Å². The Morgan fingerprint density at radius 3 is 2.21 bits per heavy atom. The van der Waals surface area contributed by atoms with Crippen molar-refractivity contribution in [1.82, 2.24) is 10.3 Å². The van der Waals surface area contributed by atoms with Gasteiger partial charge in [-0.1, -0.05) is 51.1 Å². The standard InChI is InChI=1S/C17H22N2/c1-17(2,3)16-8-6-14(7-9-16)11-19-13-15-5-4-10-18-12-15/h4-10,12,19H,11,13H2,1-3H3. The fraction of sp³-hybridized carbons (Fsp3) is 0.353. The zero-order valence-corrected chi connectivity index (χ0v) is 12.0. The maximum atomic E-state index is 4.11. The molecule has 0 atom stereocenters. The molecule has 1 aromatic heterocycles. The Morgan fingerprint density at radius 2 is 1.63 bits per heavy atom. The summed E-state index contributed by atoms with van der Waals surface area (Å²) in [7, 11) is 0. The average Bonchev–Trinajstić information content (AvgIpc) is 2.39. The Bertz CT molecular complexity index is 495. The molecule has 0 fully saturated rings. The summed E-state index contributed by atoms with van der Waals surface area (Å²) in [5.74, 6) is 0. The van der Waals surface area contributed by atoms with Crippen LogP contribution in [0.5, 0.6) is 0 Å². The van der Waals surface area contributed by atoms with E-state index in [0.717, 1.165) is 13.1 Å². The van der Waals surface area contributed by atoms with Gasteiger partial charge >= 0.3 is 0 Å². The van der Waals surface area contributed by atoms with Crippen molar-refractivity contribution in [3.63, 3.8) is 0 Å². The van der Waals surface area contributed by atoms with Crippen molar-refractivity contribution >= 4 is 0 Å². The number of benzene rings is 1. The van der Waals surface area contributed by atoms with Crippen LogP contribution < -0.4 is 5.32 Å². The molecule has 0 aliphatic carbocycles. The Balaban J connectivity index is 1.87. The first-order valence-electron chi connectivity index (χ1n) is 6.75. The van der Waals surface area contributed by atoms with Gasteiger partial charge in [0.1, 0.15) is 0 Å². The molecule has 0 saturated carbocycles. The molecule has 2 rings (SSSR count). The largest absolute Gasteiger partial charge is 0.309 e. The second-order valence-electron chi connectivity index (χ2n) is 5.91. The fourth-order valence-corrected chi connectivity index (χ4v) is 1.98. The van der Waals surface area contributed by atoms with Gasteiger partial charge < -0.3 is 5.32 Å². The molecule has 2 heteroatoms. The smallest absolute Gasteiger partial charge is 0.0312 e. The lowest BCUT2D eigenvalue weighted by molar-refractivity contribution is 0.589. The van der Waals surface area contributed by atoms with Crippen molar-refractivity contribution in [3.05, 3.63) is 65.5 Å². The van der Waals surface area contributed by atoms with Gasteiger partial charge in [-0.25, -0.2) is 0 Å². The summed E-state index contributed by atoms with van der Waals surface area (Å²) in [5, 5.41) is 3.44. The number of hydrogen-bond acceptors (Lipinski definition) is 2. The van der Waals surface area contributed by atoms with Crippen molar-refractivity contribution in [2.75, 3.05) is 0 Å². The first kappa shape index (κ1) is 13.8. The SMILES string of the molecule is CC(C)(C)c1ccc(CNCc2cccnc2)cc1. The Kier molecular flexibility index (Phi) is 4.33. The highest BCUT2D eigenvalue weighted by Gasteiger charge is 2.12. The quantitative estimate of drug-likeness (QED) is 0.900. The molecule has 0 radical (unpaired) electrons. The summed E-state index contributed by atoms with van der Waals surface area (Å²) in [5.41, 5.74) is 4.14. The first-order chi connectivity index (χ1) is 9.05. The number of aromatic nitrogens is 1. The highest BCUT2D eigenvalue weighted by atomic mass is 14.8. The van der Waals surface area contributed by atoms with Crippen LogP contribution in [0.25, 0.3) is 0 Å². The van der Waals surface area contributed by atoms with Gasteiger partial charge in [-0.3, -0.25) is 4.98 Å². The number of hydrogen-bond donors (Lipinski definition) is 1. The molecular formula is C17H22N2. The third-order valence-electron chi connectivity index (χ3n) is 3.20. The van der Waals surface area contributed by atoms with Gasteiger partial charge in [0.15, 0.2) is 0 Å². The van der Waals surface area contributed by atoms with E-state index in [1.165, 1.54) is 16.7 Å². The maximum absolute atomic E-state index is 4.11. The van der Waals surface area contributed by atoms with Crippen LogP contribution >= 0.6 is 0 Å². The molecule has 0 bridgehead atoms. The second-order valence-corrected chi connectivity index (χ2v) is 5.91. The lowest BCUT2D eigenvalue weighted by Gasteiger charge is -2.19. The molecule has 0 spiro atoms. The highest BCUT2D eigenvalue weighted by molar-refractivity contribution is 5.27. The predicted octanol–water partition coefficient (Wildman–Crippen LogP) is 3.67. The molecule has 0 saturated heterocycles. The van der Waals surface area contributed by atoms with E-state index in [1.807, 2.05) is 12.3 Å². The molecule has 1 aromatic carbocycles. The van der Waals surface area contributed by atoms with Crippen LogP contribution in [0.2, 0.25) is 0 Å². The molecule has 2 nitrogen and oxygen atoms in total. The van der Waals surface area contributed by atoms with E-state index in [2.05, 4.69) is 61.4 Å². The Morgan fingerprint density at radius 1 is 0.947 bits per heavy atom. The summed E-state index contributed by atoms with van der Waals surface area (Å²) in [6, 6.07) is 12.9. The lowest BCUT2D eigenvalue weighted by atomic mass is 9.87. The molecule has 0 unspecified atom stereocenters. The zero-order chi connectivity index (χ0) is 13.7. The highest BCUT2D eigenvalue weighted by Crippen LogP contribution is 2.22. The number of nitrogens with zero attached hydrogens (tertiary/aromatic N) is 1. The van der Waals surface area contributed by atoms with Crippen molar-refractivity contribution in [3.8, 4) is 0 Å². The third-order valence-corrected chi connectivity index (χ3v) is 3.20. The number of nitrogens with one attached hydrogen (secondary N) is 1. The van der Waals surface area contributed by atoms with Crippen LogP contribution in [0.3, 0.4) is 0 Å². The van der Waals surface area contributed by atoms with Gasteiger partial charge in [-0.2, -0.15) is 0 Å².